The van der Waals surface area contributed by atoms with Crippen LogP contribution in [0.15, 0.2) is 33.5 Å². The molecule has 0 saturated heterocycles. The molecular weight excluding hydrogens is 273 g/mol. The summed E-state index contributed by atoms with van der Waals surface area (Å²) < 4.78 is 18.2. The third-order valence-corrected chi connectivity index (χ3v) is 2.80. The van der Waals surface area contributed by atoms with Crippen LogP contribution < -0.4 is 10.9 Å². The monoisotopic (exact) mass is 283 g/mol. The molecular formula is C13H11ClFNO3. The first-order valence-electron chi connectivity index (χ1n) is 5.61. The second-order valence-corrected chi connectivity index (χ2v) is 4.72. The van der Waals surface area contributed by atoms with Gasteiger partial charge >= 0.3 is 5.63 Å². The lowest BCUT2D eigenvalue weighted by Gasteiger charge is -2.08. The second-order valence-electron chi connectivity index (χ2n) is 4.06. The molecule has 1 unspecified atom stereocenters. The minimum atomic E-state index is -0.678. The van der Waals surface area contributed by atoms with Gasteiger partial charge in [-0.25, -0.2) is 9.18 Å². The fourth-order valence-electron chi connectivity index (χ4n) is 1.67. The number of benzene rings is 1. The van der Waals surface area contributed by atoms with Crippen molar-refractivity contribution in [1.29, 1.82) is 0 Å². The zero-order valence-electron chi connectivity index (χ0n) is 10.1. The van der Waals surface area contributed by atoms with Crippen LogP contribution >= 0.6 is 11.6 Å². The molecule has 1 aromatic heterocycles. The van der Waals surface area contributed by atoms with Gasteiger partial charge in [0.1, 0.15) is 16.8 Å². The summed E-state index contributed by atoms with van der Waals surface area (Å²) in [5.74, 6) is -0.806. The van der Waals surface area contributed by atoms with E-state index in [1.165, 1.54) is 31.2 Å². The molecule has 100 valence electrons. The largest absolute Gasteiger partial charge is 0.423 e. The summed E-state index contributed by atoms with van der Waals surface area (Å²) in [4.78, 5) is 22.8. The number of alkyl halides is 1. The molecule has 0 radical (unpaired) electrons. The molecule has 1 aromatic carbocycles. The number of carbonyl (C=O) groups excluding carboxylic acids is 1. The molecule has 2 rings (SSSR count). The Hall–Kier alpha value is -1.88. The third kappa shape index (κ3) is 3.12. The smallest absolute Gasteiger partial charge is 0.336 e. The summed E-state index contributed by atoms with van der Waals surface area (Å²) in [6.45, 7) is 1.62. The van der Waals surface area contributed by atoms with E-state index in [0.717, 1.165) is 0 Å². The fourth-order valence-corrected chi connectivity index (χ4v) is 1.75. The van der Waals surface area contributed by atoms with Gasteiger partial charge in [0.05, 0.1) is 0 Å². The van der Waals surface area contributed by atoms with Gasteiger partial charge in [0.25, 0.3) is 0 Å². The number of fused-ring (bicyclic) bond motifs is 1. The van der Waals surface area contributed by atoms with Crippen molar-refractivity contribution in [3.63, 3.8) is 0 Å². The van der Waals surface area contributed by atoms with Crippen molar-refractivity contribution < 1.29 is 13.6 Å². The van der Waals surface area contributed by atoms with Gasteiger partial charge in [-0.3, -0.25) is 4.79 Å². The maximum atomic E-state index is 13.2. The first-order valence-corrected chi connectivity index (χ1v) is 6.05. The maximum absolute atomic E-state index is 13.2. The summed E-state index contributed by atoms with van der Waals surface area (Å²) >= 11 is 5.62. The predicted molar refractivity (Wildman–Crippen MR) is 69.6 cm³/mol. The highest BCUT2D eigenvalue weighted by Gasteiger charge is 2.11. The van der Waals surface area contributed by atoms with Crippen molar-refractivity contribution in [2.45, 2.75) is 18.8 Å². The van der Waals surface area contributed by atoms with Crippen LogP contribution in [0.4, 0.5) is 4.39 Å². The average Bonchev–Trinajstić information content (AvgIpc) is 2.36. The summed E-state index contributed by atoms with van der Waals surface area (Å²) in [5.41, 5.74) is 0.204. The zero-order chi connectivity index (χ0) is 14.0. The molecule has 2 aromatic rings. The van der Waals surface area contributed by atoms with Crippen LogP contribution in [0.1, 0.15) is 12.5 Å². The third-order valence-electron chi connectivity index (χ3n) is 2.60. The Labute approximate surface area is 113 Å². The Kier molecular flexibility index (Phi) is 3.85. The van der Waals surface area contributed by atoms with E-state index in [9.17, 15) is 14.0 Å². The summed E-state index contributed by atoms with van der Waals surface area (Å²) in [6.07, 6.45) is 0. The Morgan fingerprint density at radius 3 is 2.89 bits per heavy atom. The minimum Gasteiger partial charge on any atom is -0.423 e. The van der Waals surface area contributed by atoms with Gasteiger partial charge in [-0.1, -0.05) is 0 Å². The Morgan fingerprint density at radius 1 is 1.47 bits per heavy atom. The highest BCUT2D eigenvalue weighted by molar-refractivity contribution is 6.30. The second kappa shape index (κ2) is 5.40. The highest BCUT2D eigenvalue weighted by Crippen LogP contribution is 2.18. The predicted octanol–water partition coefficient (Wildman–Crippen LogP) is 2.18. The quantitative estimate of drug-likeness (QED) is 0.694. The van der Waals surface area contributed by atoms with Crippen LogP contribution in [-0.2, 0) is 11.3 Å². The normalized spacial score (nSPS) is 12.4. The Balaban J connectivity index is 2.39. The SMILES string of the molecule is CC(Cl)C(=O)NCc1cc(=O)oc2ccc(F)cc12. The zero-order valence-corrected chi connectivity index (χ0v) is 10.8. The van der Waals surface area contributed by atoms with Crippen molar-refractivity contribution in [2.75, 3.05) is 0 Å². The van der Waals surface area contributed by atoms with Gasteiger partial charge in [0.15, 0.2) is 0 Å². The molecule has 6 heteroatoms. The number of hydrogen-bond donors (Lipinski definition) is 1. The molecule has 0 aliphatic rings. The van der Waals surface area contributed by atoms with Crippen molar-refractivity contribution in [1.82, 2.24) is 5.32 Å². The number of carbonyl (C=O) groups is 1. The van der Waals surface area contributed by atoms with Crippen LogP contribution in [0.25, 0.3) is 11.0 Å². The molecule has 0 saturated carbocycles. The van der Waals surface area contributed by atoms with Crippen LogP contribution in [-0.4, -0.2) is 11.3 Å². The molecule has 1 N–H and O–H groups in total. The molecule has 1 amide bonds. The number of rotatable bonds is 3. The topological polar surface area (TPSA) is 59.3 Å². The van der Waals surface area contributed by atoms with E-state index in [2.05, 4.69) is 5.32 Å². The number of amides is 1. The van der Waals surface area contributed by atoms with E-state index >= 15 is 0 Å². The maximum Gasteiger partial charge on any atom is 0.336 e. The van der Waals surface area contributed by atoms with Crippen molar-refractivity contribution >= 4 is 28.5 Å². The fraction of sp³-hybridized carbons (Fsp3) is 0.231. The summed E-state index contributed by atoms with van der Waals surface area (Å²) in [5, 5.41) is 2.33. The first kappa shape index (κ1) is 13.5. The Morgan fingerprint density at radius 2 is 2.21 bits per heavy atom. The van der Waals surface area contributed by atoms with Crippen molar-refractivity contribution in [3.8, 4) is 0 Å². The first-order chi connectivity index (χ1) is 8.97. The molecule has 4 nitrogen and oxygen atoms in total. The van der Waals surface area contributed by atoms with Crippen LogP contribution in [0, 0.1) is 5.82 Å². The molecule has 0 aliphatic heterocycles. The average molecular weight is 284 g/mol. The van der Waals surface area contributed by atoms with Gasteiger partial charge in [-0.2, -0.15) is 0 Å². The van der Waals surface area contributed by atoms with Crippen LogP contribution in [0.2, 0.25) is 0 Å². The van der Waals surface area contributed by atoms with Gasteiger partial charge in [0, 0.05) is 18.0 Å². The lowest BCUT2D eigenvalue weighted by molar-refractivity contribution is -0.120. The van der Waals surface area contributed by atoms with E-state index < -0.39 is 16.8 Å². The van der Waals surface area contributed by atoms with Crippen LogP contribution in [0.3, 0.4) is 0 Å². The minimum absolute atomic E-state index is 0.0848. The summed E-state index contributed by atoms with van der Waals surface area (Å²) in [7, 11) is 0. The lowest BCUT2D eigenvalue weighted by atomic mass is 10.1. The van der Waals surface area contributed by atoms with Gasteiger partial charge in [-0.05, 0) is 30.7 Å². The van der Waals surface area contributed by atoms with Gasteiger partial charge in [-0.15, -0.1) is 11.6 Å². The number of halogens is 2. The van der Waals surface area contributed by atoms with Crippen molar-refractivity contribution in [2.24, 2.45) is 0 Å². The van der Waals surface area contributed by atoms with Gasteiger partial charge < -0.3 is 9.73 Å². The van der Waals surface area contributed by atoms with E-state index in [-0.39, 0.29) is 18.0 Å². The molecule has 1 heterocycles. The van der Waals surface area contributed by atoms with E-state index in [0.29, 0.717) is 10.9 Å². The van der Waals surface area contributed by atoms with E-state index in [4.69, 9.17) is 16.0 Å². The summed E-state index contributed by atoms with van der Waals surface area (Å²) in [6, 6.07) is 5.06. The molecule has 0 bridgehead atoms. The van der Waals surface area contributed by atoms with Crippen LogP contribution in [0.5, 0.6) is 0 Å². The standard InChI is InChI=1S/C13H11ClFNO3/c1-7(14)13(18)16-6-8-4-12(17)19-11-3-2-9(15)5-10(8)11/h2-5,7H,6H2,1H3,(H,16,18). The lowest BCUT2D eigenvalue weighted by Crippen LogP contribution is -2.29. The van der Waals surface area contributed by atoms with E-state index in [1.807, 2.05) is 0 Å². The van der Waals surface area contributed by atoms with E-state index in [1.54, 1.807) is 0 Å². The number of nitrogens with one attached hydrogen (secondary N) is 1. The Bertz CT molecular complexity index is 681. The molecule has 19 heavy (non-hydrogen) atoms. The molecule has 0 aliphatic carbocycles. The molecule has 0 fully saturated rings. The van der Waals surface area contributed by atoms with Gasteiger partial charge in [0.2, 0.25) is 5.91 Å². The number of hydrogen-bond acceptors (Lipinski definition) is 3. The highest BCUT2D eigenvalue weighted by atomic mass is 35.5. The molecule has 0 spiro atoms. The van der Waals surface area contributed by atoms with Crippen molar-refractivity contribution in [3.05, 3.63) is 46.1 Å². The molecule has 1 atom stereocenters.